The summed E-state index contributed by atoms with van der Waals surface area (Å²) in [5.74, 6) is 1.63. The van der Waals surface area contributed by atoms with Crippen LogP contribution in [0.3, 0.4) is 0 Å². The van der Waals surface area contributed by atoms with Crippen molar-refractivity contribution in [3.05, 3.63) is 48.0 Å². The molecule has 0 atom stereocenters. The van der Waals surface area contributed by atoms with Gasteiger partial charge in [0.15, 0.2) is 11.5 Å². The summed E-state index contributed by atoms with van der Waals surface area (Å²) in [6.07, 6.45) is 1.68. The zero-order chi connectivity index (χ0) is 12.4. The molecule has 2 aromatic carbocycles. The number of aromatic hydroxyl groups is 1. The van der Waals surface area contributed by atoms with Gasteiger partial charge >= 0.3 is 0 Å². The van der Waals surface area contributed by atoms with E-state index in [0.717, 1.165) is 17.1 Å². The highest BCUT2D eigenvalue weighted by atomic mass is 16.7. The van der Waals surface area contributed by atoms with Crippen molar-refractivity contribution in [1.29, 1.82) is 0 Å². The second kappa shape index (κ2) is 4.41. The first kappa shape index (κ1) is 10.7. The van der Waals surface area contributed by atoms with E-state index in [-0.39, 0.29) is 12.5 Å². The van der Waals surface area contributed by atoms with Crippen LogP contribution >= 0.6 is 0 Å². The maximum Gasteiger partial charge on any atom is 0.231 e. The van der Waals surface area contributed by atoms with Crippen molar-refractivity contribution in [3.63, 3.8) is 0 Å². The minimum Gasteiger partial charge on any atom is -0.506 e. The van der Waals surface area contributed by atoms with Gasteiger partial charge in [-0.05, 0) is 35.9 Å². The molecule has 1 aliphatic heterocycles. The van der Waals surface area contributed by atoms with Gasteiger partial charge in [-0.1, -0.05) is 12.1 Å². The molecule has 18 heavy (non-hydrogen) atoms. The lowest BCUT2D eigenvalue weighted by atomic mass is 10.2. The fourth-order valence-corrected chi connectivity index (χ4v) is 1.71. The van der Waals surface area contributed by atoms with Crippen molar-refractivity contribution in [3.8, 4) is 17.2 Å². The maximum absolute atomic E-state index is 9.58. The third-order valence-electron chi connectivity index (χ3n) is 2.63. The maximum atomic E-state index is 9.58. The van der Waals surface area contributed by atoms with Crippen LogP contribution in [0, 0.1) is 0 Å². The number of phenols is 1. The van der Waals surface area contributed by atoms with E-state index < -0.39 is 0 Å². The zero-order valence-corrected chi connectivity index (χ0v) is 9.54. The molecule has 0 amide bonds. The lowest BCUT2D eigenvalue weighted by Gasteiger charge is -1.99. The van der Waals surface area contributed by atoms with Crippen molar-refractivity contribution < 1.29 is 14.6 Å². The van der Waals surface area contributed by atoms with Gasteiger partial charge in [-0.25, -0.2) is 0 Å². The molecule has 0 fully saturated rings. The molecule has 1 heterocycles. The van der Waals surface area contributed by atoms with Crippen molar-refractivity contribution >= 4 is 11.9 Å². The fraction of sp³-hybridized carbons (Fsp3) is 0.0714. The Morgan fingerprint density at radius 1 is 1.06 bits per heavy atom. The van der Waals surface area contributed by atoms with E-state index >= 15 is 0 Å². The number of fused-ring (bicyclic) bond motifs is 1. The number of para-hydroxylation sites is 2. The highest BCUT2D eigenvalue weighted by Crippen LogP contribution is 2.32. The highest BCUT2D eigenvalue weighted by molar-refractivity contribution is 5.83. The molecule has 0 saturated carbocycles. The van der Waals surface area contributed by atoms with Gasteiger partial charge in [0.05, 0.1) is 0 Å². The summed E-state index contributed by atoms with van der Waals surface area (Å²) in [6.45, 7) is 0.259. The number of nitrogens with zero attached hydrogens (tertiary/aromatic N) is 1. The number of phenolic OH excluding ortho intramolecular Hbond substituents is 1. The molecule has 0 unspecified atom stereocenters. The van der Waals surface area contributed by atoms with Crippen LogP contribution in [0.4, 0.5) is 5.69 Å². The van der Waals surface area contributed by atoms with E-state index in [0.29, 0.717) is 5.69 Å². The average Bonchev–Trinajstić information content (AvgIpc) is 2.85. The first-order valence-corrected chi connectivity index (χ1v) is 5.55. The van der Waals surface area contributed by atoms with Crippen LogP contribution in [-0.4, -0.2) is 18.1 Å². The first-order chi connectivity index (χ1) is 8.83. The van der Waals surface area contributed by atoms with Crippen LogP contribution in [0.1, 0.15) is 5.56 Å². The Hall–Kier alpha value is -2.49. The second-order valence-corrected chi connectivity index (χ2v) is 3.86. The van der Waals surface area contributed by atoms with Gasteiger partial charge in [-0.15, -0.1) is 0 Å². The van der Waals surface area contributed by atoms with E-state index in [4.69, 9.17) is 9.47 Å². The molecule has 2 aromatic rings. The fourth-order valence-electron chi connectivity index (χ4n) is 1.71. The topological polar surface area (TPSA) is 51.1 Å². The van der Waals surface area contributed by atoms with Crippen molar-refractivity contribution in [2.75, 3.05) is 6.79 Å². The number of rotatable bonds is 2. The van der Waals surface area contributed by atoms with Crippen LogP contribution in [-0.2, 0) is 0 Å². The quantitative estimate of drug-likeness (QED) is 0.822. The Bertz CT molecular complexity index is 608. The molecule has 0 bridgehead atoms. The summed E-state index contributed by atoms with van der Waals surface area (Å²) in [5.41, 5.74) is 1.43. The van der Waals surface area contributed by atoms with Crippen LogP contribution in [0.15, 0.2) is 47.5 Å². The monoisotopic (exact) mass is 241 g/mol. The average molecular weight is 241 g/mol. The lowest BCUT2D eigenvalue weighted by molar-refractivity contribution is 0.174. The minimum absolute atomic E-state index is 0.162. The normalized spacial score (nSPS) is 13.1. The van der Waals surface area contributed by atoms with Gasteiger partial charge < -0.3 is 14.6 Å². The van der Waals surface area contributed by atoms with Crippen LogP contribution in [0.2, 0.25) is 0 Å². The number of ether oxygens (including phenoxy) is 2. The SMILES string of the molecule is Oc1ccccc1N=Cc1ccc2c(c1)OCO2. The Labute approximate surface area is 104 Å². The predicted molar refractivity (Wildman–Crippen MR) is 67.9 cm³/mol. The predicted octanol–water partition coefficient (Wildman–Crippen LogP) is 2.87. The molecular weight excluding hydrogens is 230 g/mol. The molecule has 90 valence electrons. The molecule has 0 aromatic heterocycles. The summed E-state index contributed by atoms with van der Waals surface area (Å²) in [6, 6.07) is 12.5. The number of aliphatic imine (C=N–C) groups is 1. The summed E-state index contributed by atoms with van der Waals surface area (Å²) >= 11 is 0. The van der Waals surface area contributed by atoms with E-state index in [1.54, 1.807) is 24.4 Å². The van der Waals surface area contributed by atoms with Crippen LogP contribution in [0.25, 0.3) is 0 Å². The summed E-state index contributed by atoms with van der Waals surface area (Å²) < 4.78 is 10.5. The molecule has 0 saturated heterocycles. The third-order valence-corrected chi connectivity index (χ3v) is 2.63. The Balaban J connectivity index is 1.87. The van der Waals surface area contributed by atoms with Crippen LogP contribution < -0.4 is 9.47 Å². The number of hydrogen-bond donors (Lipinski definition) is 1. The standard InChI is InChI=1S/C14H11NO3/c16-12-4-2-1-3-11(12)15-8-10-5-6-13-14(7-10)18-9-17-13/h1-8,16H,9H2. The smallest absolute Gasteiger partial charge is 0.231 e. The van der Waals surface area contributed by atoms with E-state index in [1.165, 1.54) is 0 Å². The first-order valence-electron chi connectivity index (χ1n) is 5.55. The van der Waals surface area contributed by atoms with Gasteiger partial charge in [0.2, 0.25) is 6.79 Å². The summed E-state index contributed by atoms with van der Waals surface area (Å²) in [7, 11) is 0. The largest absolute Gasteiger partial charge is 0.506 e. The molecule has 1 N–H and O–H groups in total. The Morgan fingerprint density at radius 2 is 1.89 bits per heavy atom. The van der Waals surface area contributed by atoms with Gasteiger partial charge in [-0.2, -0.15) is 0 Å². The molecule has 4 heteroatoms. The summed E-state index contributed by atoms with van der Waals surface area (Å²) in [4.78, 5) is 4.23. The van der Waals surface area contributed by atoms with Gasteiger partial charge in [0.25, 0.3) is 0 Å². The zero-order valence-electron chi connectivity index (χ0n) is 9.54. The van der Waals surface area contributed by atoms with Crippen LogP contribution in [0.5, 0.6) is 17.2 Å². The van der Waals surface area contributed by atoms with Crippen molar-refractivity contribution in [1.82, 2.24) is 0 Å². The number of hydrogen-bond acceptors (Lipinski definition) is 4. The van der Waals surface area contributed by atoms with E-state index in [9.17, 15) is 5.11 Å². The summed E-state index contributed by atoms with van der Waals surface area (Å²) in [5, 5.41) is 9.58. The Kier molecular flexibility index (Phi) is 2.61. The van der Waals surface area contributed by atoms with E-state index in [1.807, 2.05) is 24.3 Å². The van der Waals surface area contributed by atoms with Gasteiger partial charge in [0, 0.05) is 6.21 Å². The third kappa shape index (κ3) is 2.00. The number of benzene rings is 2. The molecular formula is C14H11NO3. The minimum atomic E-state index is 0.162. The Morgan fingerprint density at radius 3 is 2.78 bits per heavy atom. The molecule has 0 radical (unpaired) electrons. The second-order valence-electron chi connectivity index (χ2n) is 3.86. The van der Waals surface area contributed by atoms with Crippen molar-refractivity contribution in [2.24, 2.45) is 4.99 Å². The van der Waals surface area contributed by atoms with Gasteiger partial charge in [0.1, 0.15) is 11.4 Å². The van der Waals surface area contributed by atoms with Crippen molar-refractivity contribution in [2.45, 2.75) is 0 Å². The molecule has 0 spiro atoms. The van der Waals surface area contributed by atoms with E-state index in [2.05, 4.69) is 4.99 Å². The molecule has 3 rings (SSSR count). The molecule has 4 nitrogen and oxygen atoms in total. The lowest BCUT2D eigenvalue weighted by Crippen LogP contribution is -1.92. The highest BCUT2D eigenvalue weighted by Gasteiger charge is 2.12. The molecule has 1 aliphatic rings. The molecule has 0 aliphatic carbocycles. The van der Waals surface area contributed by atoms with Gasteiger partial charge in [-0.3, -0.25) is 4.99 Å².